The zero-order valence-corrected chi connectivity index (χ0v) is 12.9. The normalized spacial score (nSPS) is 14.0. The largest absolute Gasteiger partial charge is 0.378 e. The first-order valence-electron chi connectivity index (χ1n) is 7.50. The first kappa shape index (κ1) is 15.9. The van der Waals surface area contributed by atoms with Crippen molar-refractivity contribution in [1.29, 1.82) is 0 Å². The Balaban J connectivity index is 1.73. The van der Waals surface area contributed by atoms with Gasteiger partial charge in [0.1, 0.15) is 0 Å². The van der Waals surface area contributed by atoms with Crippen LogP contribution in [-0.4, -0.2) is 57.8 Å². The summed E-state index contributed by atoms with van der Waals surface area (Å²) in [6, 6.07) is 5.97. The molecule has 0 bridgehead atoms. The number of nitrogens with one attached hydrogen (secondary N) is 2. The minimum Gasteiger partial charge on any atom is -0.378 e. The lowest BCUT2D eigenvalue weighted by atomic mass is 9.98. The molecule has 5 nitrogen and oxygen atoms in total. The lowest BCUT2D eigenvalue weighted by Crippen LogP contribution is -2.29. The van der Waals surface area contributed by atoms with Crippen molar-refractivity contribution in [2.45, 2.75) is 13.0 Å². The monoisotopic (exact) mass is 291 g/mol. The van der Waals surface area contributed by atoms with Gasteiger partial charge >= 0.3 is 0 Å². The zero-order valence-electron chi connectivity index (χ0n) is 12.9. The van der Waals surface area contributed by atoms with Crippen molar-refractivity contribution in [3.8, 4) is 0 Å². The SMILES string of the molecule is CN(C)CCOCCNC(=O)c1ccc2c(c1)CNCC2. The Labute approximate surface area is 126 Å². The number of ether oxygens (including phenoxy) is 1. The number of nitrogens with zero attached hydrogens (tertiary/aromatic N) is 1. The predicted octanol–water partition coefficient (Wildman–Crippen LogP) is 0.640. The Morgan fingerprint density at radius 2 is 2.19 bits per heavy atom. The van der Waals surface area contributed by atoms with Gasteiger partial charge in [-0.15, -0.1) is 0 Å². The highest BCUT2D eigenvalue weighted by Crippen LogP contribution is 2.15. The standard InChI is InChI=1S/C16H25N3O2/c1-19(2)8-10-21-9-7-18-16(20)14-4-3-13-5-6-17-12-15(13)11-14/h3-4,11,17H,5-10,12H2,1-2H3,(H,18,20). The summed E-state index contributed by atoms with van der Waals surface area (Å²) < 4.78 is 5.45. The van der Waals surface area contributed by atoms with Gasteiger partial charge in [0, 0.05) is 25.2 Å². The fourth-order valence-electron chi connectivity index (χ4n) is 2.31. The molecule has 0 aliphatic carbocycles. The molecular weight excluding hydrogens is 266 g/mol. The van der Waals surface area contributed by atoms with E-state index in [1.165, 1.54) is 11.1 Å². The highest BCUT2D eigenvalue weighted by atomic mass is 16.5. The van der Waals surface area contributed by atoms with E-state index in [0.717, 1.165) is 31.6 Å². The van der Waals surface area contributed by atoms with Crippen LogP contribution >= 0.6 is 0 Å². The second-order valence-electron chi connectivity index (χ2n) is 5.58. The van der Waals surface area contributed by atoms with Gasteiger partial charge in [0.05, 0.1) is 13.2 Å². The highest BCUT2D eigenvalue weighted by molar-refractivity contribution is 5.94. The van der Waals surface area contributed by atoms with Gasteiger partial charge in [-0.2, -0.15) is 0 Å². The van der Waals surface area contributed by atoms with Crippen LogP contribution in [-0.2, 0) is 17.7 Å². The van der Waals surface area contributed by atoms with E-state index >= 15 is 0 Å². The van der Waals surface area contributed by atoms with Crippen molar-refractivity contribution in [1.82, 2.24) is 15.5 Å². The third-order valence-electron chi connectivity index (χ3n) is 3.57. The third kappa shape index (κ3) is 5.12. The molecule has 2 N–H and O–H groups in total. The zero-order chi connectivity index (χ0) is 15.1. The molecule has 1 aliphatic rings. The van der Waals surface area contributed by atoms with Crippen LogP contribution in [0.1, 0.15) is 21.5 Å². The lowest BCUT2D eigenvalue weighted by molar-refractivity contribution is 0.0900. The number of likely N-dealkylation sites (N-methyl/N-ethyl adjacent to an activating group) is 1. The second kappa shape index (κ2) is 8.12. The van der Waals surface area contributed by atoms with Crippen LogP contribution in [0, 0.1) is 0 Å². The summed E-state index contributed by atoms with van der Waals surface area (Å²) >= 11 is 0. The molecule has 0 atom stereocenters. The van der Waals surface area contributed by atoms with Crippen molar-refractivity contribution in [3.05, 3.63) is 34.9 Å². The predicted molar refractivity (Wildman–Crippen MR) is 83.6 cm³/mol. The lowest BCUT2D eigenvalue weighted by Gasteiger charge is -2.17. The van der Waals surface area contributed by atoms with Gasteiger partial charge < -0.3 is 20.3 Å². The van der Waals surface area contributed by atoms with Crippen molar-refractivity contribution in [3.63, 3.8) is 0 Å². The summed E-state index contributed by atoms with van der Waals surface area (Å²) in [5.41, 5.74) is 3.30. The van der Waals surface area contributed by atoms with Crippen molar-refractivity contribution < 1.29 is 9.53 Å². The number of carbonyl (C=O) groups is 1. The van der Waals surface area contributed by atoms with Gasteiger partial charge in [0.25, 0.3) is 5.91 Å². The minimum absolute atomic E-state index is 0.0282. The maximum Gasteiger partial charge on any atom is 0.251 e. The van der Waals surface area contributed by atoms with Gasteiger partial charge in [0.2, 0.25) is 0 Å². The van der Waals surface area contributed by atoms with Crippen LogP contribution in [0.3, 0.4) is 0 Å². The Kier molecular flexibility index (Phi) is 6.17. The van der Waals surface area contributed by atoms with Gasteiger partial charge in [-0.1, -0.05) is 6.07 Å². The first-order chi connectivity index (χ1) is 10.2. The summed E-state index contributed by atoms with van der Waals surface area (Å²) in [7, 11) is 4.02. The van der Waals surface area contributed by atoms with Crippen LogP contribution in [0.5, 0.6) is 0 Å². The minimum atomic E-state index is -0.0282. The molecule has 1 aromatic rings. The van der Waals surface area contributed by atoms with Gasteiger partial charge in [-0.3, -0.25) is 4.79 Å². The van der Waals surface area contributed by atoms with E-state index in [-0.39, 0.29) is 5.91 Å². The van der Waals surface area contributed by atoms with Crippen molar-refractivity contribution >= 4 is 5.91 Å². The molecule has 1 aliphatic heterocycles. The van der Waals surface area contributed by atoms with Crippen LogP contribution in [0.25, 0.3) is 0 Å². The fraction of sp³-hybridized carbons (Fsp3) is 0.562. The molecule has 0 fully saturated rings. The molecule has 0 unspecified atom stereocenters. The second-order valence-corrected chi connectivity index (χ2v) is 5.58. The number of hydrogen-bond acceptors (Lipinski definition) is 4. The molecule has 2 rings (SSSR count). The van der Waals surface area contributed by atoms with Crippen LogP contribution < -0.4 is 10.6 Å². The van der Waals surface area contributed by atoms with Gasteiger partial charge in [0.15, 0.2) is 0 Å². The van der Waals surface area contributed by atoms with Crippen molar-refractivity contribution in [2.75, 3.05) is 46.9 Å². The summed E-state index contributed by atoms with van der Waals surface area (Å²) in [5, 5.41) is 6.22. The van der Waals surface area contributed by atoms with Gasteiger partial charge in [-0.05, 0) is 50.3 Å². The van der Waals surface area contributed by atoms with E-state index in [4.69, 9.17) is 4.74 Å². The topological polar surface area (TPSA) is 53.6 Å². The average molecular weight is 291 g/mol. The van der Waals surface area contributed by atoms with Crippen LogP contribution in [0.4, 0.5) is 0 Å². The summed E-state index contributed by atoms with van der Waals surface area (Å²) in [4.78, 5) is 14.1. The van der Waals surface area contributed by atoms with Crippen LogP contribution in [0.15, 0.2) is 18.2 Å². The summed E-state index contributed by atoms with van der Waals surface area (Å²) in [5.74, 6) is -0.0282. The maximum absolute atomic E-state index is 12.1. The average Bonchev–Trinajstić information content (AvgIpc) is 2.49. The number of rotatable bonds is 7. The first-order valence-corrected chi connectivity index (χ1v) is 7.50. The van der Waals surface area contributed by atoms with E-state index in [2.05, 4.69) is 21.6 Å². The molecule has 0 spiro atoms. The molecule has 5 heteroatoms. The molecule has 1 aromatic carbocycles. The molecule has 1 amide bonds. The number of fused-ring (bicyclic) bond motifs is 1. The number of amides is 1. The van der Waals surface area contributed by atoms with Gasteiger partial charge in [-0.25, -0.2) is 0 Å². The molecule has 0 radical (unpaired) electrons. The van der Waals surface area contributed by atoms with E-state index in [1.807, 2.05) is 26.2 Å². The Hall–Kier alpha value is -1.43. The summed E-state index contributed by atoms with van der Waals surface area (Å²) in [6.07, 6.45) is 1.04. The Bertz CT molecular complexity index is 475. The smallest absolute Gasteiger partial charge is 0.251 e. The molecule has 1 heterocycles. The summed E-state index contributed by atoms with van der Waals surface area (Å²) in [6.45, 7) is 4.54. The highest BCUT2D eigenvalue weighted by Gasteiger charge is 2.12. The molecule has 21 heavy (non-hydrogen) atoms. The number of hydrogen-bond donors (Lipinski definition) is 2. The molecule has 0 saturated heterocycles. The molecule has 0 aromatic heterocycles. The fourth-order valence-corrected chi connectivity index (χ4v) is 2.31. The van der Waals surface area contributed by atoms with E-state index in [0.29, 0.717) is 19.8 Å². The van der Waals surface area contributed by atoms with Crippen LogP contribution in [0.2, 0.25) is 0 Å². The van der Waals surface area contributed by atoms with E-state index in [9.17, 15) is 4.79 Å². The maximum atomic E-state index is 12.1. The molecular formula is C16H25N3O2. The van der Waals surface area contributed by atoms with E-state index < -0.39 is 0 Å². The third-order valence-corrected chi connectivity index (χ3v) is 3.57. The Morgan fingerprint density at radius 3 is 3.00 bits per heavy atom. The number of benzene rings is 1. The van der Waals surface area contributed by atoms with Crippen molar-refractivity contribution in [2.24, 2.45) is 0 Å². The molecule has 116 valence electrons. The quantitative estimate of drug-likeness (QED) is 0.724. The Morgan fingerprint density at radius 1 is 1.33 bits per heavy atom. The number of carbonyl (C=O) groups excluding carboxylic acids is 1. The van der Waals surface area contributed by atoms with E-state index in [1.54, 1.807) is 0 Å². The molecule has 0 saturated carbocycles.